The Kier molecular flexibility index (Phi) is 3.15. The second-order valence-corrected chi connectivity index (χ2v) is 4.23. The second-order valence-electron chi connectivity index (χ2n) is 4.23. The summed E-state index contributed by atoms with van der Waals surface area (Å²) in [6.45, 7) is 9.94. The highest BCUT2D eigenvalue weighted by Crippen LogP contribution is 2.49. The van der Waals surface area contributed by atoms with Gasteiger partial charge in [0.05, 0.1) is 0 Å². The van der Waals surface area contributed by atoms with Crippen molar-refractivity contribution in [3.05, 3.63) is 25.1 Å². The molecule has 0 radical (unpaired) electrons. The molecule has 1 atom stereocenters. The molecule has 1 rings (SSSR count). The molecule has 2 nitrogen and oxygen atoms in total. The van der Waals surface area contributed by atoms with Crippen molar-refractivity contribution < 1.29 is 0 Å². The molecule has 1 fully saturated rings. The van der Waals surface area contributed by atoms with E-state index in [1.807, 2.05) is 7.05 Å². The summed E-state index contributed by atoms with van der Waals surface area (Å²) in [4.78, 5) is 0. The van der Waals surface area contributed by atoms with E-state index < -0.39 is 0 Å². The summed E-state index contributed by atoms with van der Waals surface area (Å²) in [5.74, 6) is 0. The van der Waals surface area contributed by atoms with Crippen LogP contribution in [0.1, 0.15) is 26.2 Å². The van der Waals surface area contributed by atoms with Crippen LogP contribution in [0.3, 0.4) is 0 Å². The molecule has 0 aromatic carbocycles. The maximum Gasteiger partial charge on any atom is 0.0469 e. The summed E-state index contributed by atoms with van der Waals surface area (Å²) >= 11 is 0. The zero-order chi connectivity index (χ0) is 9.90. The lowest BCUT2D eigenvalue weighted by Gasteiger charge is -2.22. The fourth-order valence-electron chi connectivity index (χ4n) is 1.54. The normalized spacial score (nSPS) is 20.5. The molecule has 0 aliphatic heterocycles. The molecule has 0 amide bonds. The fraction of sp³-hybridized carbons (Fsp3) is 0.636. The Balaban J connectivity index is 2.41. The van der Waals surface area contributed by atoms with Crippen LogP contribution >= 0.6 is 0 Å². The van der Waals surface area contributed by atoms with Gasteiger partial charge < -0.3 is 10.6 Å². The van der Waals surface area contributed by atoms with Crippen LogP contribution in [-0.4, -0.2) is 13.1 Å². The van der Waals surface area contributed by atoms with E-state index in [0.717, 1.165) is 5.70 Å². The van der Waals surface area contributed by atoms with E-state index in [1.54, 1.807) is 6.20 Å². The molecule has 0 saturated heterocycles. The second kappa shape index (κ2) is 3.97. The predicted molar refractivity (Wildman–Crippen MR) is 57.3 cm³/mol. The number of rotatable bonds is 6. The first-order valence-electron chi connectivity index (χ1n) is 4.85. The number of likely N-dealkylation sites (N-methyl/N-ethyl adjacent to an activating group) is 1. The smallest absolute Gasteiger partial charge is 0.0469 e. The molecule has 0 bridgehead atoms. The molecule has 2 heteroatoms. The van der Waals surface area contributed by atoms with Crippen LogP contribution in [0.4, 0.5) is 0 Å². The van der Waals surface area contributed by atoms with E-state index in [2.05, 4.69) is 30.7 Å². The molecular formula is C11H20N2. The Morgan fingerprint density at radius 1 is 1.62 bits per heavy atom. The van der Waals surface area contributed by atoms with Crippen LogP contribution in [0.25, 0.3) is 0 Å². The van der Waals surface area contributed by atoms with Crippen LogP contribution in [0.15, 0.2) is 25.1 Å². The van der Waals surface area contributed by atoms with Gasteiger partial charge in [-0.05, 0) is 37.9 Å². The van der Waals surface area contributed by atoms with Gasteiger partial charge in [0.25, 0.3) is 0 Å². The molecule has 74 valence electrons. The highest BCUT2D eigenvalue weighted by Gasteiger charge is 2.39. The van der Waals surface area contributed by atoms with Gasteiger partial charge in [0.1, 0.15) is 0 Å². The summed E-state index contributed by atoms with van der Waals surface area (Å²) in [5.41, 5.74) is 1.57. The molecule has 0 heterocycles. The van der Waals surface area contributed by atoms with Crippen molar-refractivity contribution in [2.24, 2.45) is 5.41 Å². The van der Waals surface area contributed by atoms with Gasteiger partial charge in [-0.25, -0.2) is 0 Å². The Bertz CT molecular complexity index is 204. The third-order valence-electron chi connectivity index (χ3n) is 2.86. The molecule has 0 aromatic heterocycles. The first-order chi connectivity index (χ1) is 6.11. The molecular weight excluding hydrogens is 160 g/mol. The minimum atomic E-state index is 0.366. The van der Waals surface area contributed by atoms with E-state index in [-0.39, 0.29) is 0 Å². The lowest BCUT2D eigenvalue weighted by atomic mass is 9.97. The van der Waals surface area contributed by atoms with Gasteiger partial charge in [-0.3, -0.25) is 0 Å². The molecule has 1 aliphatic rings. The molecule has 1 saturated carbocycles. The summed E-state index contributed by atoms with van der Waals surface area (Å²) in [6, 6.07) is 0.366. The Morgan fingerprint density at radius 3 is 2.62 bits per heavy atom. The van der Waals surface area contributed by atoms with Crippen LogP contribution < -0.4 is 10.6 Å². The van der Waals surface area contributed by atoms with Crippen LogP contribution in [-0.2, 0) is 0 Å². The highest BCUT2D eigenvalue weighted by atomic mass is 15.0. The number of hydrogen-bond donors (Lipinski definition) is 2. The van der Waals surface area contributed by atoms with Crippen molar-refractivity contribution in [2.45, 2.75) is 32.2 Å². The van der Waals surface area contributed by atoms with E-state index in [9.17, 15) is 0 Å². The third kappa shape index (κ3) is 2.88. The standard InChI is InChI=1S/C11H20N2/c1-5-13-9(2)10(12-4)8-11(3)6-7-11/h5,10,12-13H,1-2,6-8H2,3-4H3. The largest absolute Gasteiger partial charge is 0.365 e. The minimum Gasteiger partial charge on any atom is -0.365 e. The zero-order valence-corrected chi connectivity index (χ0v) is 8.69. The average molecular weight is 180 g/mol. The Hall–Kier alpha value is -0.760. The minimum absolute atomic E-state index is 0.366. The molecule has 1 aliphatic carbocycles. The Morgan fingerprint density at radius 2 is 2.23 bits per heavy atom. The Labute approximate surface area is 81.1 Å². The van der Waals surface area contributed by atoms with Gasteiger partial charge in [-0.15, -0.1) is 0 Å². The van der Waals surface area contributed by atoms with Crippen molar-refractivity contribution in [3.63, 3.8) is 0 Å². The molecule has 0 spiro atoms. The van der Waals surface area contributed by atoms with Gasteiger partial charge in [-0.1, -0.05) is 20.1 Å². The van der Waals surface area contributed by atoms with E-state index in [1.165, 1.54) is 19.3 Å². The van der Waals surface area contributed by atoms with Crippen molar-refractivity contribution >= 4 is 0 Å². The molecule has 0 aromatic rings. The first-order valence-corrected chi connectivity index (χ1v) is 4.85. The van der Waals surface area contributed by atoms with Crippen molar-refractivity contribution in [3.8, 4) is 0 Å². The third-order valence-corrected chi connectivity index (χ3v) is 2.86. The van der Waals surface area contributed by atoms with Crippen molar-refractivity contribution in [1.82, 2.24) is 10.6 Å². The lowest BCUT2D eigenvalue weighted by molar-refractivity contribution is 0.432. The topological polar surface area (TPSA) is 24.1 Å². The van der Waals surface area contributed by atoms with Crippen LogP contribution in [0.2, 0.25) is 0 Å². The predicted octanol–water partition coefficient (Wildman–Crippen LogP) is 2.01. The molecule has 1 unspecified atom stereocenters. The quantitative estimate of drug-likeness (QED) is 0.653. The van der Waals surface area contributed by atoms with Crippen LogP contribution in [0, 0.1) is 5.41 Å². The van der Waals surface area contributed by atoms with Gasteiger partial charge in [0, 0.05) is 11.7 Å². The van der Waals surface area contributed by atoms with E-state index in [0.29, 0.717) is 11.5 Å². The van der Waals surface area contributed by atoms with Gasteiger partial charge in [-0.2, -0.15) is 0 Å². The zero-order valence-electron chi connectivity index (χ0n) is 8.69. The van der Waals surface area contributed by atoms with Gasteiger partial charge in [0.15, 0.2) is 0 Å². The summed E-state index contributed by atoms with van der Waals surface area (Å²) in [6.07, 6.45) is 5.56. The first kappa shape index (κ1) is 10.3. The maximum atomic E-state index is 3.98. The van der Waals surface area contributed by atoms with E-state index >= 15 is 0 Å². The monoisotopic (exact) mass is 180 g/mol. The fourth-order valence-corrected chi connectivity index (χ4v) is 1.54. The molecule has 2 N–H and O–H groups in total. The SMILES string of the molecule is C=CNC(=C)C(CC1(C)CC1)NC. The van der Waals surface area contributed by atoms with E-state index in [4.69, 9.17) is 0 Å². The number of nitrogens with one attached hydrogen (secondary N) is 2. The van der Waals surface area contributed by atoms with Crippen LogP contribution in [0.5, 0.6) is 0 Å². The lowest BCUT2D eigenvalue weighted by Crippen LogP contribution is -2.33. The van der Waals surface area contributed by atoms with Crippen molar-refractivity contribution in [2.75, 3.05) is 7.05 Å². The van der Waals surface area contributed by atoms with Gasteiger partial charge >= 0.3 is 0 Å². The van der Waals surface area contributed by atoms with Gasteiger partial charge in [0.2, 0.25) is 0 Å². The summed E-state index contributed by atoms with van der Waals surface area (Å²) < 4.78 is 0. The maximum absolute atomic E-state index is 3.98. The summed E-state index contributed by atoms with van der Waals surface area (Å²) in [5, 5.41) is 6.33. The summed E-state index contributed by atoms with van der Waals surface area (Å²) in [7, 11) is 1.98. The number of hydrogen-bond acceptors (Lipinski definition) is 2. The highest BCUT2D eigenvalue weighted by molar-refractivity contribution is 5.08. The average Bonchev–Trinajstić information content (AvgIpc) is 2.81. The molecule has 13 heavy (non-hydrogen) atoms. The van der Waals surface area contributed by atoms with Crippen molar-refractivity contribution in [1.29, 1.82) is 0 Å².